The van der Waals surface area contributed by atoms with E-state index in [0.29, 0.717) is 33.7 Å². The number of nitrogens with one attached hydrogen (secondary N) is 1. The number of carbonyl (C=O) groups excluding carboxylic acids is 1. The summed E-state index contributed by atoms with van der Waals surface area (Å²) in [5.41, 5.74) is 1.45. The van der Waals surface area contributed by atoms with Crippen molar-refractivity contribution in [3.63, 3.8) is 0 Å². The summed E-state index contributed by atoms with van der Waals surface area (Å²) >= 11 is 13.8. The van der Waals surface area contributed by atoms with Crippen LogP contribution in [0.15, 0.2) is 29.6 Å². The van der Waals surface area contributed by atoms with Crippen molar-refractivity contribution in [1.82, 2.24) is 9.80 Å². The van der Waals surface area contributed by atoms with Gasteiger partial charge in [-0.1, -0.05) is 29.3 Å². The molecule has 0 saturated carbocycles. The lowest BCUT2D eigenvalue weighted by Gasteiger charge is -2.34. The summed E-state index contributed by atoms with van der Waals surface area (Å²) in [5, 5.41) is 15.6. The fourth-order valence-electron chi connectivity index (χ4n) is 2.88. The fraction of sp³-hybridized carbons (Fsp3) is 0.333. The Morgan fingerprint density at radius 1 is 1.15 bits per heavy atom. The first-order valence-electron chi connectivity index (χ1n) is 8.22. The van der Waals surface area contributed by atoms with Gasteiger partial charge in [-0.05, 0) is 23.6 Å². The summed E-state index contributed by atoms with van der Waals surface area (Å²) in [7, 11) is 0. The number of hydrogen-bond donors (Lipinski definition) is 1. The maximum Gasteiger partial charge on any atom is 0.239 e. The second kappa shape index (κ2) is 8.85. The monoisotopic (exact) mass is 408 g/mol. The van der Waals surface area contributed by atoms with Gasteiger partial charge in [-0.25, -0.2) is 0 Å². The van der Waals surface area contributed by atoms with Crippen LogP contribution in [0, 0.1) is 11.3 Å². The molecule has 3 rings (SSSR count). The van der Waals surface area contributed by atoms with Crippen LogP contribution in [0.3, 0.4) is 0 Å². The van der Waals surface area contributed by atoms with Crippen molar-refractivity contribution < 1.29 is 4.79 Å². The van der Waals surface area contributed by atoms with Crippen LogP contribution in [0.5, 0.6) is 0 Å². The number of amides is 1. The molecule has 5 nitrogen and oxygen atoms in total. The van der Waals surface area contributed by atoms with Gasteiger partial charge in [0.2, 0.25) is 5.91 Å². The second-order valence-corrected chi connectivity index (χ2v) is 7.81. The Morgan fingerprint density at radius 3 is 2.46 bits per heavy atom. The molecule has 1 aliphatic rings. The van der Waals surface area contributed by atoms with Crippen molar-refractivity contribution in [3.05, 3.63) is 50.8 Å². The summed E-state index contributed by atoms with van der Waals surface area (Å²) in [6.45, 7) is 4.31. The Labute approximate surface area is 166 Å². The molecule has 0 spiro atoms. The molecular formula is C18H18Cl2N4OS. The van der Waals surface area contributed by atoms with E-state index in [-0.39, 0.29) is 5.91 Å². The lowest BCUT2D eigenvalue weighted by Crippen LogP contribution is -2.48. The van der Waals surface area contributed by atoms with E-state index in [0.717, 1.165) is 31.7 Å². The summed E-state index contributed by atoms with van der Waals surface area (Å²) in [6.07, 6.45) is 0. The Morgan fingerprint density at radius 2 is 1.81 bits per heavy atom. The van der Waals surface area contributed by atoms with Crippen molar-refractivity contribution in [1.29, 1.82) is 5.26 Å². The minimum absolute atomic E-state index is 0.0912. The molecule has 2 aromatic rings. The van der Waals surface area contributed by atoms with Crippen LogP contribution in [-0.2, 0) is 11.3 Å². The highest BCUT2D eigenvalue weighted by Gasteiger charge is 2.21. The number of hydrogen-bond acceptors (Lipinski definition) is 5. The maximum absolute atomic E-state index is 12.2. The molecule has 136 valence electrons. The van der Waals surface area contributed by atoms with E-state index in [9.17, 15) is 4.79 Å². The lowest BCUT2D eigenvalue weighted by atomic mass is 10.2. The van der Waals surface area contributed by atoms with E-state index in [2.05, 4.69) is 21.2 Å². The van der Waals surface area contributed by atoms with Gasteiger partial charge >= 0.3 is 0 Å². The zero-order valence-corrected chi connectivity index (χ0v) is 16.4. The number of piperazine rings is 1. The molecule has 26 heavy (non-hydrogen) atoms. The molecule has 1 aromatic heterocycles. The Balaban J connectivity index is 1.48. The van der Waals surface area contributed by atoms with Gasteiger partial charge in [0.25, 0.3) is 0 Å². The quantitative estimate of drug-likeness (QED) is 0.819. The summed E-state index contributed by atoms with van der Waals surface area (Å²) < 4.78 is 0. The number of carbonyl (C=O) groups is 1. The number of nitrogens with zero attached hydrogens (tertiary/aromatic N) is 3. The smallest absolute Gasteiger partial charge is 0.239 e. The number of nitriles is 1. The third-order valence-electron chi connectivity index (χ3n) is 4.31. The zero-order chi connectivity index (χ0) is 18.5. The maximum atomic E-state index is 12.2. The Kier molecular flexibility index (Phi) is 6.52. The highest BCUT2D eigenvalue weighted by atomic mass is 35.5. The van der Waals surface area contributed by atoms with E-state index >= 15 is 0 Å². The van der Waals surface area contributed by atoms with E-state index in [1.807, 2.05) is 18.2 Å². The Hall–Kier alpha value is -1.62. The minimum atomic E-state index is -0.0912. The van der Waals surface area contributed by atoms with Gasteiger partial charge < -0.3 is 5.32 Å². The average molecular weight is 409 g/mol. The molecule has 0 aliphatic carbocycles. The molecule has 0 bridgehead atoms. The molecule has 0 radical (unpaired) electrons. The van der Waals surface area contributed by atoms with Crippen molar-refractivity contribution in [3.8, 4) is 6.07 Å². The number of anilines is 1. The molecule has 1 saturated heterocycles. The number of rotatable bonds is 5. The summed E-state index contributed by atoms with van der Waals surface area (Å²) in [5.74, 6) is -0.0912. The molecule has 8 heteroatoms. The fourth-order valence-corrected chi connectivity index (χ4v) is 4.15. The molecule has 2 heterocycles. The predicted molar refractivity (Wildman–Crippen MR) is 106 cm³/mol. The van der Waals surface area contributed by atoms with Crippen LogP contribution >= 0.6 is 34.5 Å². The highest BCUT2D eigenvalue weighted by molar-refractivity contribution is 7.14. The van der Waals surface area contributed by atoms with Crippen LogP contribution in [0.4, 0.5) is 5.00 Å². The van der Waals surface area contributed by atoms with E-state index in [1.54, 1.807) is 11.4 Å². The summed E-state index contributed by atoms with van der Waals surface area (Å²) in [6, 6.07) is 9.33. The van der Waals surface area contributed by atoms with Gasteiger partial charge in [-0.15, -0.1) is 11.3 Å². The first kappa shape index (κ1) is 19.2. The molecule has 1 aliphatic heterocycles. The normalized spacial score (nSPS) is 15.6. The number of benzene rings is 1. The van der Waals surface area contributed by atoms with Crippen molar-refractivity contribution in [2.75, 3.05) is 38.0 Å². The van der Waals surface area contributed by atoms with Crippen molar-refractivity contribution >= 4 is 45.4 Å². The molecule has 1 fully saturated rings. The lowest BCUT2D eigenvalue weighted by molar-refractivity contribution is -0.117. The zero-order valence-electron chi connectivity index (χ0n) is 14.0. The summed E-state index contributed by atoms with van der Waals surface area (Å²) in [4.78, 5) is 16.6. The largest absolute Gasteiger partial charge is 0.315 e. The van der Waals surface area contributed by atoms with Crippen LogP contribution in [0.2, 0.25) is 10.0 Å². The van der Waals surface area contributed by atoms with Gasteiger partial charge in [-0.3, -0.25) is 14.6 Å². The van der Waals surface area contributed by atoms with Gasteiger partial charge in [0.15, 0.2) is 0 Å². The number of halogens is 2. The van der Waals surface area contributed by atoms with Crippen LogP contribution in [0.1, 0.15) is 11.1 Å². The highest BCUT2D eigenvalue weighted by Crippen LogP contribution is 2.26. The third-order valence-corrected chi connectivity index (χ3v) is 5.85. The molecular weight excluding hydrogens is 391 g/mol. The molecule has 1 amide bonds. The van der Waals surface area contributed by atoms with Crippen LogP contribution < -0.4 is 5.32 Å². The molecule has 1 N–H and O–H groups in total. The predicted octanol–water partition coefficient (Wildman–Crippen LogP) is 3.68. The number of thiophene rings is 1. The third kappa shape index (κ3) is 4.76. The molecule has 0 atom stereocenters. The van der Waals surface area contributed by atoms with E-state index in [1.165, 1.54) is 11.3 Å². The Bertz CT molecular complexity index is 805. The van der Waals surface area contributed by atoms with Crippen LogP contribution in [0.25, 0.3) is 0 Å². The standard InChI is InChI=1S/C18H18Cl2N4OS/c19-15-2-1-3-16(20)14(15)11-23-5-7-24(8-6-23)12-17(25)22-18-13(10-21)4-9-26-18/h1-4,9H,5-8,11-12H2,(H,22,25). The van der Waals surface area contributed by atoms with Gasteiger partial charge in [0.05, 0.1) is 12.1 Å². The minimum Gasteiger partial charge on any atom is -0.315 e. The first-order chi connectivity index (χ1) is 12.6. The van der Waals surface area contributed by atoms with Gasteiger partial charge in [0, 0.05) is 48.3 Å². The SMILES string of the molecule is N#Cc1ccsc1NC(=O)CN1CCN(Cc2c(Cl)cccc2Cl)CC1. The average Bonchev–Trinajstić information content (AvgIpc) is 3.06. The molecule has 0 unspecified atom stereocenters. The van der Waals surface area contributed by atoms with Crippen molar-refractivity contribution in [2.24, 2.45) is 0 Å². The topological polar surface area (TPSA) is 59.4 Å². The van der Waals surface area contributed by atoms with Crippen LogP contribution in [-0.4, -0.2) is 48.4 Å². The van der Waals surface area contributed by atoms with Crippen molar-refractivity contribution in [2.45, 2.75) is 6.54 Å². The second-order valence-electron chi connectivity index (χ2n) is 6.08. The first-order valence-corrected chi connectivity index (χ1v) is 9.85. The molecule has 1 aromatic carbocycles. The van der Waals surface area contributed by atoms with E-state index < -0.39 is 0 Å². The van der Waals surface area contributed by atoms with Gasteiger partial charge in [0.1, 0.15) is 11.1 Å². The van der Waals surface area contributed by atoms with E-state index in [4.69, 9.17) is 28.5 Å². The van der Waals surface area contributed by atoms with Gasteiger partial charge in [-0.2, -0.15) is 5.26 Å².